The largest absolute Gasteiger partial charge is 0.301 e. The van der Waals surface area contributed by atoms with E-state index in [9.17, 15) is 0 Å². The maximum atomic E-state index is 2.75. The van der Waals surface area contributed by atoms with Gasteiger partial charge in [0.2, 0.25) is 0 Å². The van der Waals surface area contributed by atoms with E-state index < -0.39 is 0 Å². The lowest BCUT2D eigenvalue weighted by Crippen LogP contribution is -2.46. The Kier molecular flexibility index (Phi) is 41.9. The van der Waals surface area contributed by atoms with Crippen molar-refractivity contribution in [2.75, 3.05) is 39.3 Å². The molecule has 0 aromatic heterocycles. The highest BCUT2D eigenvalue weighted by Crippen LogP contribution is 2.17. The summed E-state index contributed by atoms with van der Waals surface area (Å²) < 4.78 is 0. The first kappa shape index (κ1) is 49.9. The molecule has 1 aliphatic heterocycles. The van der Waals surface area contributed by atoms with Gasteiger partial charge in [-0.25, -0.2) is 0 Å². The molecule has 1 aliphatic rings. The Labute approximate surface area is 331 Å². The number of rotatable bonds is 44. The lowest BCUT2D eigenvalue weighted by atomic mass is 10.0. The fourth-order valence-electron chi connectivity index (χ4n) is 8.77. The lowest BCUT2D eigenvalue weighted by molar-refractivity contribution is 0.129. The summed E-state index contributed by atoms with van der Waals surface area (Å²) in [5, 5.41) is 0. The minimum Gasteiger partial charge on any atom is -0.301 e. The van der Waals surface area contributed by atoms with Crippen molar-refractivity contribution in [2.24, 2.45) is 0 Å². The van der Waals surface area contributed by atoms with Crippen LogP contribution in [0.5, 0.6) is 0 Å². The van der Waals surface area contributed by atoms with Gasteiger partial charge in [-0.15, -0.1) is 0 Å². The van der Waals surface area contributed by atoms with E-state index >= 15 is 0 Å². The summed E-state index contributed by atoms with van der Waals surface area (Å²) in [6.45, 7) is 12.6. The van der Waals surface area contributed by atoms with Gasteiger partial charge in [0.15, 0.2) is 0 Å². The topological polar surface area (TPSA) is 6.48 Å². The van der Waals surface area contributed by atoms with Crippen LogP contribution >= 0.6 is 0 Å². The zero-order valence-corrected chi connectivity index (χ0v) is 36.8. The Morgan fingerprint density at radius 1 is 0.192 bits per heavy atom. The monoisotopic (exact) mass is 731 g/mol. The summed E-state index contributed by atoms with van der Waals surface area (Å²) in [7, 11) is 0. The van der Waals surface area contributed by atoms with Gasteiger partial charge in [-0.2, -0.15) is 0 Å². The molecule has 1 heterocycles. The predicted octanol–water partition coefficient (Wildman–Crippen LogP) is 17.0. The third-order valence-corrected chi connectivity index (χ3v) is 12.6. The quantitative estimate of drug-likeness (QED) is 0.0576. The molecule has 0 spiro atoms. The van der Waals surface area contributed by atoms with Crippen molar-refractivity contribution in [2.45, 2.75) is 284 Å². The molecule has 2 heteroatoms. The van der Waals surface area contributed by atoms with E-state index in [1.54, 1.807) is 0 Å². The summed E-state index contributed by atoms with van der Waals surface area (Å²) in [6, 6.07) is 0. The van der Waals surface area contributed by atoms with Crippen LogP contribution in [0.4, 0.5) is 0 Å². The van der Waals surface area contributed by atoms with E-state index in [2.05, 4.69) is 23.6 Å². The van der Waals surface area contributed by atoms with Gasteiger partial charge in [0.25, 0.3) is 0 Å². The van der Waals surface area contributed by atoms with E-state index in [1.807, 2.05) is 0 Å². The van der Waals surface area contributed by atoms with Gasteiger partial charge < -0.3 is 9.80 Å². The van der Waals surface area contributed by atoms with Crippen molar-refractivity contribution in [3.05, 3.63) is 0 Å². The van der Waals surface area contributed by atoms with Crippen LogP contribution in [0.2, 0.25) is 0 Å². The van der Waals surface area contributed by atoms with Crippen LogP contribution in [0.1, 0.15) is 284 Å². The van der Waals surface area contributed by atoms with Crippen LogP contribution in [0, 0.1) is 0 Å². The zero-order chi connectivity index (χ0) is 37.1. The molecule has 0 unspecified atom stereocenters. The van der Waals surface area contributed by atoms with Crippen molar-refractivity contribution in [3.8, 4) is 0 Å². The van der Waals surface area contributed by atoms with E-state index in [-0.39, 0.29) is 0 Å². The van der Waals surface area contributed by atoms with Gasteiger partial charge in [0.05, 0.1) is 0 Å². The Balaban J connectivity index is 1.70. The predicted molar refractivity (Wildman–Crippen MR) is 238 cm³/mol. The summed E-state index contributed by atoms with van der Waals surface area (Å²) in [6.07, 6.45) is 61.9. The number of piperazine rings is 1. The Morgan fingerprint density at radius 2 is 0.327 bits per heavy atom. The third-order valence-electron chi connectivity index (χ3n) is 12.6. The smallest absolute Gasteiger partial charge is 0.0110 e. The van der Waals surface area contributed by atoms with E-state index in [0.717, 1.165) is 0 Å². The molecule has 1 rings (SSSR count). The van der Waals surface area contributed by atoms with Crippen molar-refractivity contribution in [1.29, 1.82) is 0 Å². The second-order valence-corrected chi connectivity index (χ2v) is 17.8. The van der Waals surface area contributed by atoms with Crippen molar-refractivity contribution in [1.82, 2.24) is 9.80 Å². The van der Waals surface area contributed by atoms with Gasteiger partial charge in [-0.1, -0.05) is 271 Å². The average Bonchev–Trinajstić information content (AvgIpc) is 3.16. The Bertz CT molecular complexity index is 572. The summed E-state index contributed by atoms with van der Waals surface area (Å²) in [4.78, 5) is 5.51. The molecule has 2 nitrogen and oxygen atoms in total. The fraction of sp³-hybridized carbons (Fsp3) is 1.00. The third kappa shape index (κ3) is 38.2. The van der Waals surface area contributed by atoms with Crippen LogP contribution in [-0.4, -0.2) is 49.1 Å². The summed E-state index contributed by atoms with van der Waals surface area (Å²) in [5.41, 5.74) is 0. The molecule has 0 aliphatic carbocycles. The second kappa shape index (κ2) is 43.6. The van der Waals surface area contributed by atoms with Gasteiger partial charge in [-0.3, -0.25) is 0 Å². The first-order valence-electron chi connectivity index (χ1n) is 25.3. The Morgan fingerprint density at radius 3 is 0.481 bits per heavy atom. The SMILES string of the molecule is CCCCCCCCCCCCCCCCCCCCCCCN1CCN(CCCCCCCCCCCCCCCCCCCCCCC)CC1. The number of unbranched alkanes of at least 4 members (excludes halogenated alkanes) is 40. The zero-order valence-electron chi connectivity index (χ0n) is 36.8. The molecule has 0 bridgehead atoms. The standard InChI is InChI=1S/C50H102N2/c1-3-5-7-9-11-13-15-17-19-21-23-25-27-29-31-33-35-37-39-41-43-45-51-47-49-52(50-48-51)46-44-42-40-38-36-34-32-30-28-26-24-22-20-18-16-14-12-10-8-6-4-2/h3-50H2,1-2H3. The average molecular weight is 731 g/mol. The minimum atomic E-state index is 1.32. The first-order chi connectivity index (χ1) is 25.9. The molecule has 0 saturated carbocycles. The maximum Gasteiger partial charge on any atom is 0.0110 e. The van der Waals surface area contributed by atoms with E-state index in [1.165, 1.54) is 309 Å². The van der Waals surface area contributed by atoms with Gasteiger partial charge in [0.1, 0.15) is 0 Å². The summed E-state index contributed by atoms with van der Waals surface area (Å²) in [5.74, 6) is 0. The van der Waals surface area contributed by atoms with E-state index in [0.29, 0.717) is 0 Å². The number of nitrogens with zero attached hydrogens (tertiary/aromatic N) is 2. The molecular formula is C50H102N2. The minimum absolute atomic E-state index is 1.32. The summed E-state index contributed by atoms with van der Waals surface area (Å²) >= 11 is 0. The van der Waals surface area contributed by atoms with Crippen molar-refractivity contribution in [3.63, 3.8) is 0 Å². The van der Waals surface area contributed by atoms with Gasteiger partial charge in [0, 0.05) is 26.2 Å². The molecule has 1 saturated heterocycles. The van der Waals surface area contributed by atoms with Crippen LogP contribution in [0.3, 0.4) is 0 Å². The van der Waals surface area contributed by atoms with Crippen LogP contribution in [0.25, 0.3) is 0 Å². The molecule has 52 heavy (non-hydrogen) atoms. The number of hydrogen-bond donors (Lipinski definition) is 0. The Hall–Kier alpha value is -0.0800. The highest BCUT2D eigenvalue weighted by Gasteiger charge is 2.15. The van der Waals surface area contributed by atoms with E-state index in [4.69, 9.17) is 0 Å². The molecule has 312 valence electrons. The molecule has 0 N–H and O–H groups in total. The molecule has 0 aromatic rings. The highest BCUT2D eigenvalue weighted by molar-refractivity contribution is 4.72. The molecular weight excluding hydrogens is 629 g/mol. The number of hydrogen-bond acceptors (Lipinski definition) is 2. The van der Waals surface area contributed by atoms with Crippen LogP contribution < -0.4 is 0 Å². The lowest BCUT2D eigenvalue weighted by Gasteiger charge is -2.34. The molecule has 1 fully saturated rings. The second-order valence-electron chi connectivity index (χ2n) is 17.8. The molecule has 0 radical (unpaired) electrons. The normalized spacial score (nSPS) is 14.2. The van der Waals surface area contributed by atoms with Crippen molar-refractivity contribution >= 4 is 0 Å². The van der Waals surface area contributed by atoms with Crippen LogP contribution in [-0.2, 0) is 0 Å². The fourth-order valence-corrected chi connectivity index (χ4v) is 8.77. The molecule has 0 aromatic carbocycles. The molecule has 0 atom stereocenters. The van der Waals surface area contributed by atoms with Crippen molar-refractivity contribution < 1.29 is 0 Å². The highest BCUT2D eigenvalue weighted by atomic mass is 15.3. The van der Waals surface area contributed by atoms with Gasteiger partial charge >= 0.3 is 0 Å². The molecule has 0 amide bonds. The first-order valence-corrected chi connectivity index (χ1v) is 25.3. The van der Waals surface area contributed by atoms with Crippen LogP contribution in [0.15, 0.2) is 0 Å². The maximum absolute atomic E-state index is 2.75. The van der Waals surface area contributed by atoms with Gasteiger partial charge in [-0.05, 0) is 25.9 Å².